The molecule has 0 saturated heterocycles. The second-order valence-electron chi connectivity index (χ2n) is 3.61. The zero-order valence-electron chi connectivity index (χ0n) is 9.10. The van der Waals surface area contributed by atoms with E-state index in [0.717, 1.165) is 18.2 Å². The van der Waals surface area contributed by atoms with Crippen LogP contribution in [0.15, 0.2) is 28.8 Å². The van der Waals surface area contributed by atoms with E-state index in [1.807, 2.05) is 0 Å². The number of benzene rings is 1. The number of hydrogen-bond acceptors (Lipinski definition) is 4. The summed E-state index contributed by atoms with van der Waals surface area (Å²) in [5.41, 5.74) is -1.14. The fourth-order valence-corrected chi connectivity index (χ4v) is 1.43. The smallest absolute Gasteiger partial charge is 0.416 e. The van der Waals surface area contributed by atoms with Crippen LogP contribution in [-0.4, -0.2) is 21.3 Å². The van der Waals surface area contributed by atoms with Gasteiger partial charge in [0.25, 0.3) is 0 Å². The lowest BCUT2D eigenvalue weighted by Gasteiger charge is -2.08. The zero-order chi connectivity index (χ0) is 14.2. The first-order chi connectivity index (χ1) is 8.79. The fraction of sp³-hybridized carbons (Fsp3) is 0.0909. The number of halogens is 3. The van der Waals surface area contributed by atoms with E-state index in [4.69, 9.17) is 5.11 Å². The average molecular weight is 273 g/mol. The molecule has 0 aliphatic heterocycles. The summed E-state index contributed by atoms with van der Waals surface area (Å²) in [6.07, 6.45) is -4.58. The first-order valence-electron chi connectivity index (χ1n) is 4.89. The van der Waals surface area contributed by atoms with Crippen LogP contribution in [0.5, 0.6) is 5.75 Å². The van der Waals surface area contributed by atoms with Crippen molar-refractivity contribution >= 4 is 5.97 Å². The van der Waals surface area contributed by atoms with Crippen molar-refractivity contribution in [1.29, 1.82) is 0 Å². The highest BCUT2D eigenvalue weighted by Crippen LogP contribution is 2.36. The number of carboxylic acid groups (broad SMARTS) is 1. The van der Waals surface area contributed by atoms with Crippen molar-refractivity contribution in [3.63, 3.8) is 0 Å². The van der Waals surface area contributed by atoms with Crippen LogP contribution < -0.4 is 0 Å². The summed E-state index contributed by atoms with van der Waals surface area (Å²) in [5, 5.41) is 21.5. The Morgan fingerprint density at radius 3 is 2.42 bits per heavy atom. The van der Waals surface area contributed by atoms with Crippen molar-refractivity contribution in [1.82, 2.24) is 5.16 Å². The molecule has 8 heteroatoms. The standard InChI is InChI=1S/C11H6F3NO4/c12-11(13,14)5-1-2-6(8(16)3-5)7-4-9(10(17)18)19-15-7/h1-4,16H,(H,17,18). The number of phenols is 1. The molecule has 1 heterocycles. The van der Waals surface area contributed by atoms with Crippen molar-refractivity contribution in [2.24, 2.45) is 0 Å². The van der Waals surface area contributed by atoms with Gasteiger partial charge in [-0.3, -0.25) is 0 Å². The number of phenolic OH excluding ortho intramolecular Hbond substituents is 1. The summed E-state index contributed by atoms with van der Waals surface area (Å²) in [6.45, 7) is 0. The number of aromatic nitrogens is 1. The van der Waals surface area contributed by atoms with Crippen molar-refractivity contribution in [3.05, 3.63) is 35.6 Å². The third kappa shape index (κ3) is 2.51. The number of rotatable bonds is 2. The zero-order valence-corrected chi connectivity index (χ0v) is 9.10. The number of alkyl halides is 3. The van der Waals surface area contributed by atoms with Crippen LogP contribution in [0.25, 0.3) is 11.3 Å². The molecule has 0 bridgehead atoms. The van der Waals surface area contributed by atoms with E-state index in [-0.39, 0.29) is 11.3 Å². The lowest BCUT2D eigenvalue weighted by atomic mass is 10.1. The Morgan fingerprint density at radius 1 is 1.26 bits per heavy atom. The summed E-state index contributed by atoms with van der Waals surface area (Å²) < 4.78 is 41.6. The molecule has 2 N–H and O–H groups in total. The van der Waals surface area contributed by atoms with E-state index in [0.29, 0.717) is 6.07 Å². The third-order valence-electron chi connectivity index (χ3n) is 2.32. The van der Waals surface area contributed by atoms with Crippen molar-refractivity contribution in [3.8, 4) is 17.0 Å². The highest BCUT2D eigenvalue weighted by atomic mass is 19.4. The largest absolute Gasteiger partial charge is 0.507 e. The molecule has 2 rings (SSSR count). The Labute approximate surface area is 103 Å². The first kappa shape index (κ1) is 12.9. The maximum absolute atomic E-state index is 12.4. The molecule has 5 nitrogen and oxygen atoms in total. The minimum absolute atomic E-state index is 0.0516. The Morgan fingerprint density at radius 2 is 1.95 bits per heavy atom. The Balaban J connectivity index is 2.43. The number of carbonyl (C=O) groups is 1. The minimum atomic E-state index is -4.58. The normalized spacial score (nSPS) is 11.5. The minimum Gasteiger partial charge on any atom is -0.507 e. The van der Waals surface area contributed by atoms with E-state index in [9.17, 15) is 23.1 Å². The Bertz CT molecular complexity index is 633. The lowest BCUT2D eigenvalue weighted by Crippen LogP contribution is -2.04. The third-order valence-corrected chi connectivity index (χ3v) is 2.32. The molecule has 0 aliphatic carbocycles. The highest BCUT2D eigenvalue weighted by molar-refractivity contribution is 5.86. The molecule has 1 aromatic carbocycles. The topological polar surface area (TPSA) is 83.6 Å². The fourth-order valence-electron chi connectivity index (χ4n) is 1.43. The molecular formula is C11H6F3NO4. The molecule has 19 heavy (non-hydrogen) atoms. The van der Waals surface area contributed by atoms with Gasteiger partial charge in [0.05, 0.1) is 5.56 Å². The predicted octanol–water partition coefficient (Wildman–Crippen LogP) is 2.76. The molecule has 0 atom stereocenters. The summed E-state index contributed by atoms with van der Waals surface area (Å²) in [7, 11) is 0. The van der Waals surface area contributed by atoms with E-state index >= 15 is 0 Å². The molecule has 0 radical (unpaired) electrons. The number of aromatic hydroxyl groups is 1. The molecule has 100 valence electrons. The summed E-state index contributed by atoms with van der Waals surface area (Å²) in [5.74, 6) is -2.51. The average Bonchev–Trinajstić information content (AvgIpc) is 2.76. The quantitative estimate of drug-likeness (QED) is 0.878. The van der Waals surface area contributed by atoms with Crippen LogP contribution in [0, 0.1) is 0 Å². The van der Waals surface area contributed by atoms with Gasteiger partial charge < -0.3 is 14.7 Å². The molecule has 0 saturated carbocycles. The monoisotopic (exact) mass is 273 g/mol. The number of carboxylic acids is 1. The molecular weight excluding hydrogens is 267 g/mol. The molecule has 0 fully saturated rings. The van der Waals surface area contributed by atoms with E-state index < -0.39 is 29.2 Å². The van der Waals surface area contributed by atoms with Crippen LogP contribution in [-0.2, 0) is 6.18 Å². The molecule has 0 aliphatic rings. The van der Waals surface area contributed by atoms with Gasteiger partial charge >= 0.3 is 12.1 Å². The van der Waals surface area contributed by atoms with E-state index in [1.54, 1.807) is 0 Å². The van der Waals surface area contributed by atoms with Crippen molar-refractivity contribution in [2.45, 2.75) is 6.18 Å². The number of nitrogens with zero attached hydrogens (tertiary/aromatic N) is 1. The second-order valence-corrected chi connectivity index (χ2v) is 3.61. The number of hydrogen-bond donors (Lipinski definition) is 2. The summed E-state index contributed by atoms with van der Waals surface area (Å²) >= 11 is 0. The van der Waals surface area contributed by atoms with Gasteiger partial charge in [-0.15, -0.1) is 0 Å². The van der Waals surface area contributed by atoms with Gasteiger partial charge in [-0.1, -0.05) is 5.16 Å². The molecule has 0 spiro atoms. The summed E-state index contributed by atoms with van der Waals surface area (Å²) in [6, 6.07) is 3.28. The van der Waals surface area contributed by atoms with Gasteiger partial charge in [0, 0.05) is 11.6 Å². The molecule has 0 unspecified atom stereocenters. The van der Waals surface area contributed by atoms with Crippen molar-refractivity contribution < 1.29 is 32.7 Å². The molecule has 2 aromatic rings. The van der Waals surface area contributed by atoms with Crippen LogP contribution >= 0.6 is 0 Å². The van der Waals surface area contributed by atoms with Crippen LogP contribution in [0.3, 0.4) is 0 Å². The van der Waals surface area contributed by atoms with Crippen LogP contribution in [0.2, 0.25) is 0 Å². The van der Waals surface area contributed by atoms with Crippen LogP contribution in [0.4, 0.5) is 13.2 Å². The summed E-state index contributed by atoms with van der Waals surface area (Å²) in [4.78, 5) is 10.6. The maximum atomic E-state index is 12.4. The highest BCUT2D eigenvalue weighted by Gasteiger charge is 2.31. The van der Waals surface area contributed by atoms with E-state index in [2.05, 4.69) is 9.68 Å². The van der Waals surface area contributed by atoms with Gasteiger partial charge in [-0.25, -0.2) is 4.79 Å². The number of aromatic carboxylic acids is 1. The maximum Gasteiger partial charge on any atom is 0.416 e. The first-order valence-corrected chi connectivity index (χ1v) is 4.89. The van der Waals surface area contributed by atoms with E-state index in [1.165, 1.54) is 0 Å². The molecule has 1 aromatic heterocycles. The second kappa shape index (κ2) is 4.30. The molecule has 0 amide bonds. The van der Waals surface area contributed by atoms with Gasteiger partial charge in [-0.2, -0.15) is 13.2 Å². The van der Waals surface area contributed by atoms with Gasteiger partial charge in [0.2, 0.25) is 5.76 Å². The van der Waals surface area contributed by atoms with Crippen molar-refractivity contribution in [2.75, 3.05) is 0 Å². The Kier molecular flexibility index (Phi) is 2.93. The van der Waals surface area contributed by atoms with Gasteiger partial charge in [0.1, 0.15) is 11.4 Å². The lowest BCUT2D eigenvalue weighted by molar-refractivity contribution is -0.137. The Hall–Kier alpha value is -2.51. The SMILES string of the molecule is O=C(O)c1cc(-c2ccc(C(F)(F)F)cc2O)no1. The van der Waals surface area contributed by atoms with Gasteiger partial charge in [0.15, 0.2) is 0 Å². The van der Waals surface area contributed by atoms with Gasteiger partial charge in [-0.05, 0) is 18.2 Å². The predicted molar refractivity (Wildman–Crippen MR) is 55.6 cm³/mol. The van der Waals surface area contributed by atoms with Crippen LogP contribution in [0.1, 0.15) is 16.1 Å².